The second kappa shape index (κ2) is 6.26. The number of amides is 1. The molecular weight excluding hydrogens is 262 g/mol. The van der Waals surface area contributed by atoms with Crippen molar-refractivity contribution in [1.82, 2.24) is 4.90 Å². The first-order valence-electron chi connectivity index (χ1n) is 6.59. The number of ether oxygens (including phenoxy) is 2. The molecule has 1 amide bonds. The molecule has 1 rings (SSSR count). The van der Waals surface area contributed by atoms with E-state index in [1.54, 1.807) is 32.9 Å². The van der Waals surface area contributed by atoms with Crippen LogP contribution in [0.2, 0.25) is 0 Å². The maximum absolute atomic E-state index is 12.1. The second-order valence-electron chi connectivity index (χ2n) is 5.78. The number of esters is 1. The smallest absolute Gasteiger partial charge is 0.411 e. The van der Waals surface area contributed by atoms with E-state index in [2.05, 4.69) is 4.74 Å². The third-order valence-electron chi connectivity index (χ3n) is 3.02. The molecule has 1 aliphatic heterocycles. The number of methoxy groups -OCH3 is 1. The van der Waals surface area contributed by atoms with Crippen molar-refractivity contribution in [3.05, 3.63) is 12.2 Å². The molecule has 0 aromatic carbocycles. The van der Waals surface area contributed by atoms with Crippen molar-refractivity contribution in [3.8, 4) is 0 Å². The third-order valence-corrected chi connectivity index (χ3v) is 3.02. The van der Waals surface area contributed by atoms with Crippen LogP contribution < -0.4 is 0 Å². The summed E-state index contributed by atoms with van der Waals surface area (Å²) in [6.07, 6.45) is 1.93. The Labute approximate surface area is 119 Å². The predicted molar refractivity (Wildman–Crippen MR) is 73.1 cm³/mol. The maximum Gasteiger partial charge on any atom is 0.411 e. The average molecular weight is 285 g/mol. The number of aliphatic hydroxyl groups excluding tert-OH is 1. The number of nitrogens with zero attached hydrogens (tertiary/aromatic N) is 1. The minimum atomic E-state index is -1.03. The van der Waals surface area contributed by atoms with Crippen molar-refractivity contribution < 1.29 is 24.2 Å². The summed E-state index contributed by atoms with van der Waals surface area (Å²) < 4.78 is 9.93. The minimum absolute atomic E-state index is 0.222. The Bertz CT molecular complexity index is 399. The van der Waals surface area contributed by atoms with Crippen LogP contribution in [-0.2, 0) is 14.3 Å². The van der Waals surface area contributed by atoms with E-state index in [1.807, 2.05) is 6.92 Å². The van der Waals surface area contributed by atoms with E-state index in [9.17, 15) is 14.7 Å². The van der Waals surface area contributed by atoms with E-state index in [0.29, 0.717) is 0 Å². The lowest BCUT2D eigenvalue weighted by Gasteiger charge is -2.27. The van der Waals surface area contributed by atoms with Gasteiger partial charge >= 0.3 is 12.1 Å². The monoisotopic (exact) mass is 285 g/mol. The van der Waals surface area contributed by atoms with Gasteiger partial charge in [0.1, 0.15) is 5.60 Å². The molecule has 3 unspecified atom stereocenters. The van der Waals surface area contributed by atoms with Crippen molar-refractivity contribution in [2.75, 3.05) is 13.7 Å². The Morgan fingerprint density at radius 2 is 1.95 bits per heavy atom. The number of rotatable bonds is 2. The number of carbonyl (C=O) groups excluding carboxylic acids is 2. The van der Waals surface area contributed by atoms with Gasteiger partial charge in [-0.05, 0) is 27.7 Å². The fourth-order valence-electron chi connectivity index (χ4n) is 2.19. The zero-order valence-corrected chi connectivity index (χ0v) is 12.6. The first-order chi connectivity index (χ1) is 9.21. The minimum Gasteiger partial charge on any atom is -0.467 e. The average Bonchev–Trinajstić information content (AvgIpc) is 2.65. The molecule has 1 N–H and O–H groups in total. The summed E-state index contributed by atoms with van der Waals surface area (Å²) in [5, 5.41) is 10.2. The Morgan fingerprint density at radius 1 is 1.35 bits per heavy atom. The molecule has 1 saturated heterocycles. The largest absolute Gasteiger partial charge is 0.467 e. The first-order valence-corrected chi connectivity index (χ1v) is 6.59. The van der Waals surface area contributed by atoms with Crippen LogP contribution in [0.15, 0.2) is 12.2 Å². The van der Waals surface area contributed by atoms with Crippen LogP contribution in [0.25, 0.3) is 0 Å². The first kappa shape index (κ1) is 16.5. The van der Waals surface area contributed by atoms with E-state index in [0.717, 1.165) is 0 Å². The maximum atomic E-state index is 12.1. The Hall–Kier alpha value is -1.56. The number of aliphatic hydroxyl groups is 1. The number of carbonyl (C=O) groups is 2. The fraction of sp³-hybridized carbons (Fsp3) is 0.714. The molecule has 0 aromatic rings. The zero-order chi connectivity index (χ0) is 15.5. The van der Waals surface area contributed by atoms with Crippen LogP contribution >= 0.6 is 0 Å². The van der Waals surface area contributed by atoms with Gasteiger partial charge in [0.15, 0.2) is 6.04 Å². The molecule has 0 spiro atoms. The van der Waals surface area contributed by atoms with Gasteiger partial charge in [-0.15, -0.1) is 0 Å². The lowest BCUT2D eigenvalue weighted by Crippen LogP contribution is -2.47. The normalized spacial score (nSPS) is 26.9. The molecular formula is C14H23NO5. The summed E-state index contributed by atoms with van der Waals surface area (Å²) in [6, 6.07) is -1.03. The molecule has 0 radical (unpaired) electrons. The molecule has 6 heteroatoms. The van der Waals surface area contributed by atoms with E-state index in [1.165, 1.54) is 12.0 Å². The summed E-state index contributed by atoms with van der Waals surface area (Å²) in [5.74, 6) is -0.952. The van der Waals surface area contributed by atoms with Crippen molar-refractivity contribution >= 4 is 12.1 Å². The summed E-state index contributed by atoms with van der Waals surface area (Å²) in [5.41, 5.74) is -0.665. The van der Waals surface area contributed by atoms with Crippen molar-refractivity contribution in [1.29, 1.82) is 0 Å². The van der Waals surface area contributed by atoms with Gasteiger partial charge in [0, 0.05) is 12.5 Å². The van der Waals surface area contributed by atoms with Gasteiger partial charge in [-0.25, -0.2) is 9.59 Å². The van der Waals surface area contributed by atoms with E-state index in [4.69, 9.17) is 4.74 Å². The topological polar surface area (TPSA) is 76.1 Å². The third kappa shape index (κ3) is 3.72. The van der Waals surface area contributed by atoms with Crippen LogP contribution in [0.5, 0.6) is 0 Å². The van der Waals surface area contributed by atoms with Gasteiger partial charge in [0.05, 0.1) is 13.2 Å². The van der Waals surface area contributed by atoms with Gasteiger partial charge in [0.2, 0.25) is 0 Å². The number of hydrogen-bond donors (Lipinski definition) is 1. The van der Waals surface area contributed by atoms with Gasteiger partial charge in [-0.2, -0.15) is 0 Å². The van der Waals surface area contributed by atoms with E-state index in [-0.39, 0.29) is 12.5 Å². The zero-order valence-electron chi connectivity index (χ0n) is 12.6. The van der Waals surface area contributed by atoms with Crippen LogP contribution in [0, 0.1) is 5.92 Å². The van der Waals surface area contributed by atoms with Gasteiger partial charge < -0.3 is 14.6 Å². The molecule has 3 atom stereocenters. The van der Waals surface area contributed by atoms with Gasteiger partial charge in [0.25, 0.3) is 0 Å². The Balaban J connectivity index is 2.96. The number of allylic oxidation sites excluding steroid dienone is 1. The number of likely N-dealkylation sites (tertiary alicyclic amines) is 1. The standard InChI is InChI=1S/C14H23NO5/c1-6-7-9-8-15(13(18)20-14(2,3)4)10(11(9)16)12(17)19-5/h6-7,9-11,16H,8H2,1-5H3/b7-6+. The predicted octanol–water partition coefficient (Wildman–Crippen LogP) is 1.33. The lowest BCUT2D eigenvalue weighted by atomic mass is 10.0. The van der Waals surface area contributed by atoms with Crippen LogP contribution in [0.3, 0.4) is 0 Å². The molecule has 6 nitrogen and oxygen atoms in total. The highest BCUT2D eigenvalue weighted by molar-refractivity contribution is 5.83. The Morgan fingerprint density at radius 3 is 2.40 bits per heavy atom. The van der Waals surface area contributed by atoms with Crippen LogP contribution in [-0.4, -0.2) is 53.5 Å². The van der Waals surface area contributed by atoms with E-state index < -0.39 is 29.8 Å². The van der Waals surface area contributed by atoms with Crippen molar-refractivity contribution in [3.63, 3.8) is 0 Å². The van der Waals surface area contributed by atoms with E-state index >= 15 is 0 Å². The number of hydrogen-bond acceptors (Lipinski definition) is 5. The summed E-state index contributed by atoms with van der Waals surface area (Å²) in [7, 11) is 1.23. The molecule has 0 bridgehead atoms. The Kier molecular flexibility index (Phi) is 5.16. The summed E-state index contributed by atoms with van der Waals surface area (Å²) in [6.45, 7) is 7.27. The van der Waals surface area contributed by atoms with Crippen LogP contribution in [0.4, 0.5) is 4.79 Å². The van der Waals surface area contributed by atoms with Crippen molar-refractivity contribution in [2.45, 2.75) is 45.4 Å². The van der Waals surface area contributed by atoms with Crippen molar-refractivity contribution in [2.24, 2.45) is 5.92 Å². The molecule has 1 heterocycles. The summed E-state index contributed by atoms with van der Waals surface area (Å²) in [4.78, 5) is 25.2. The fourth-order valence-corrected chi connectivity index (χ4v) is 2.19. The quantitative estimate of drug-likeness (QED) is 0.612. The highest BCUT2D eigenvalue weighted by Gasteiger charge is 2.48. The molecule has 0 aromatic heterocycles. The summed E-state index contributed by atoms with van der Waals surface area (Å²) >= 11 is 0. The SMILES string of the molecule is C/C=C/C1CN(C(=O)OC(C)(C)C)C(C(=O)OC)C1O. The molecule has 20 heavy (non-hydrogen) atoms. The molecule has 0 aliphatic carbocycles. The van der Waals surface area contributed by atoms with Gasteiger partial charge in [-0.3, -0.25) is 4.90 Å². The molecule has 1 fully saturated rings. The van der Waals surface area contributed by atoms with Crippen LogP contribution in [0.1, 0.15) is 27.7 Å². The highest BCUT2D eigenvalue weighted by atomic mass is 16.6. The van der Waals surface area contributed by atoms with Gasteiger partial charge in [-0.1, -0.05) is 12.2 Å². The molecule has 1 aliphatic rings. The second-order valence-corrected chi connectivity index (χ2v) is 5.78. The lowest BCUT2D eigenvalue weighted by molar-refractivity contribution is -0.148. The highest BCUT2D eigenvalue weighted by Crippen LogP contribution is 2.27. The molecule has 0 saturated carbocycles. The molecule has 114 valence electrons.